The fraction of sp³-hybridized carbons (Fsp3) is 0.318. The van der Waals surface area contributed by atoms with Crippen molar-refractivity contribution >= 4 is 22.5 Å². The van der Waals surface area contributed by atoms with Gasteiger partial charge in [-0.1, -0.05) is 24.6 Å². The van der Waals surface area contributed by atoms with Crippen LogP contribution in [0.5, 0.6) is 0 Å². The molecule has 0 aliphatic rings. The fourth-order valence-electron chi connectivity index (χ4n) is 4.00. The molecule has 2 aromatic heterocycles. The van der Waals surface area contributed by atoms with Crippen LogP contribution < -0.4 is 0 Å². The van der Waals surface area contributed by atoms with Crippen LogP contribution in [-0.2, 0) is 18.6 Å². The van der Waals surface area contributed by atoms with E-state index in [1.165, 1.54) is 23.4 Å². The molecule has 0 radical (unpaired) electrons. The Bertz CT molecular complexity index is 1240. The second kappa shape index (κ2) is 8.01. The Balaban J connectivity index is 1.91. The third-order valence-corrected chi connectivity index (χ3v) is 6.15. The molecule has 4 aromatic rings. The number of fused-ring (bicyclic) bond motifs is 1. The topological polar surface area (TPSA) is 68.8 Å². The first-order chi connectivity index (χ1) is 14.7. The maximum atomic E-state index is 14.9. The standard InChI is InChI=1S/C22H22ClF2N5O/c1-4-21-16-9-18(23)13(2)7-20(16)28-30(21)14(3)22(31,10-29-12-26-11-27-29)17-6-5-15(24)8-19(17)25/h5-9,11-12,14,31H,4,10H2,1-3H3/t14-,22-/m1/s1. The van der Waals surface area contributed by atoms with Gasteiger partial charge in [0.05, 0.1) is 18.1 Å². The van der Waals surface area contributed by atoms with Gasteiger partial charge in [-0.2, -0.15) is 10.2 Å². The summed E-state index contributed by atoms with van der Waals surface area (Å²) in [6.45, 7) is 5.52. The number of rotatable bonds is 6. The molecule has 6 nitrogen and oxygen atoms in total. The summed E-state index contributed by atoms with van der Waals surface area (Å²) in [6, 6.07) is 6.16. The second-order valence-electron chi connectivity index (χ2n) is 7.68. The molecule has 2 heterocycles. The number of hydrogen-bond donors (Lipinski definition) is 1. The van der Waals surface area contributed by atoms with Crippen LogP contribution in [0.1, 0.15) is 36.7 Å². The van der Waals surface area contributed by atoms with E-state index in [9.17, 15) is 13.9 Å². The molecule has 4 rings (SSSR count). The number of benzene rings is 2. The molecule has 162 valence electrons. The molecule has 0 fully saturated rings. The Kier molecular flexibility index (Phi) is 5.53. The molecule has 0 bridgehead atoms. The number of aliphatic hydroxyl groups is 1. The van der Waals surface area contributed by atoms with Crippen molar-refractivity contribution < 1.29 is 13.9 Å². The van der Waals surface area contributed by atoms with Crippen LogP contribution in [0.15, 0.2) is 43.0 Å². The molecule has 0 saturated carbocycles. The minimum absolute atomic E-state index is 0.0484. The van der Waals surface area contributed by atoms with Crippen molar-refractivity contribution in [2.75, 3.05) is 0 Å². The molecular weight excluding hydrogens is 424 g/mol. The van der Waals surface area contributed by atoms with E-state index in [2.05, 4.69) is 10.1 Å². The predicted molar refractivity (Wildman–Crippen MR) is 114 cm³/mol. The lowest BCUT2D eigenvalue weighted by Crippen LogP contribution is -2.41. The molecule has 0 aliphatic heterocycles. The first kappa shape index (κ1) is 21.4. The molecule has 0 spiro atoms. The van der Waals surface area contributed by atoms with Crippen LogP contribution in [0.3, 0.4) is 0 Å². The molecule has 31 heavy (non-hydrogen) atoms. The maximum absolute atomic E-state index is 14.9. The van der Waals surface area contributed by atoms with Crippen LogP contribution >= 0.6 is 11.6 Å². The van der Waals surface area contributed by atoms with E-state index in [1.807, 2.05) is 26.0 Å². The molecule has 0 amide bonds. The van der Waals surface area contributed by atoms with E-state index < -0.39 is 23.3 Å². The van der Waals surface area contributed by atoms with Crippen molar-refractivity contribution in [2.24, 2.45) is 0 Å². The SMILES string of the molecule is CCc1c2cc(Cl)c(C)cc2nn1[C@H](C)[C@](O)(Cn1cncn1)c1ccc(F)cc1F. The summed E-state index contributed by atoms with van der Waals surface area (Å²) in [5.74, 6) is -1.57. The molecule has 2 aromatic carbocycles. The Morgan fingerprint density at radius 1 is 1.23 bits per heavy atom. The highest BCUT2D eigenvalue weighted by atomic mass is 35.5. The minimum atomic E-state index is -1.80. The van der Waals surface area contributed by atoms with Gasteiger partial charge in [-0.05, 0) is 44.0 Å². The highest BCUT2D eigenvalue weighted by Gasteiger charge is 2.41. The summed E-state index contributed by atoms with van der Waals surface area (Å²) >= 11 is 6.33. The summed E-state index contributed by atoms with van der Waals surface area (Å²) in [7, 11) is 0. The highest BCUT2D eigenvalue weighted by molar-refractivity contribution is 6.32. The van der Waals surface area contributed by atoms with E-state index in [-0.39, 0.29) is 12.1 Å². The molecule has 1 N–H and O–H groups in total. The van der Waals surface area contributed by atoms with Gasteiger partial charge >= 0.3 is 0 Å². The first-order valence-corrected chi connectivity index (χ1v) is 10.3. The van der Waals surface area contributed by atoms with Gasteiger partial charge in [0.15, 0.2) is 0 Å². The van der Waals surface area contributed by atoms with Crippen molar-refractivity contribution in [3.05, 3.63) is 76.5 Å². The number of hydrogen-bond acceptors (Lipinski definition) is 4. The van der Waals surface area contributed by atoms with Gasteiger partial charge in [0, 0.05) is 27.7 Å². The zero-order chi connectivity index (χ0) is 22.3. The average molecular weight is 446 g/mol. The van der Waals surface area contributed by atoms with E-state index in [0.717, 1.165) is 34.3 Å². The highest BCUT2D eigenvalue weighted by Crippen LogP contribution is 2.39. The molecule has 0 unspecified atom stereocenters. The number of aromatic nitrogens is 5. The molecular formula is C22H22ClF2N5O. The number of halogens is 3. The smallest absolute Gasteiger partial charge is 0.137 e. The quantitative estimate of drug-likeness (QED) is 0.471. The summed E-state index contributed by atoms with van der Waals surface area (Å²) in [5, 5.41) is 22.1. The van der Waals surface area contributed by atoms with Gasteiger partial charge in [-0.3, -0.25) is 4.68 Å². The predicted octanol–water partition coefficient (Wildman–Crippen LogP) is 4.58. The third-order valence-electron chi connectivity index (χ3n) is 5.74. The van der Waals surface area contributed by atoms with Gasteiger partial charge in [0.2, 0.25) is 0 Å². The summed E-state index contributed by atoms with van der Waals surface area (Å²) < 4.78 is 31.5. The van der Waals surface area contributed by atoms with Gasteiger partial charge in [-0.25, -0.2) is 18.4 Å². The van der Waals surface area contributed by atoms with Crippen LogP contribution in [0.4, 0.5) is 8.78 Å². The van der Waals surface area contributed by atoms with Crippen molar-refractivity contribution in [3.8, 4) is 0 Å². The lowest BCUT2D eigenvalue weighted by Gasteiger charge is -2.35. The lowest BCUT2D eigenvalue weighted by molar-refractivity contribution is -0.0374. The summed E-state index contributed by atoms with van der Waals surface area (Å²) in [5.41, 5.74) is 0.623. The van der Waals surface area contributed by atoms with E-state index in [1.54, 1.807) is 11.6 Å². The van der Waals surface area contributed by atoms with Gasteiger partial charge in [0.1, 0.15) is 29.9 Å². The zero-order valence-electron chi connectivity index (χ0n) is 17.4. The number of aryl methyl sites for hydroxylation is 2. The van der Waals surface area contributed by atoms with Crippen molar-refractivity contribution in [1.82, 2.24) is 24.5 Å². The zero-order valence-corrected chi connectivity index (χ0v) is 18.1. The molecule has 2 atom stereocenters. The Morgan fingerprint density at radius 2 is 2.00 bits per heavy atom. The largest absolute Gasteiger partial charge is 0.381 e. The molecule has 0 saturated heterocycles. The fourth-order valence-corrected chi connectivity index (χ4v) is 4.16. The van der Waals surface area contributed by atoms with Crippen LogP contribution in [-0.4, -0.2) is 29.7 Å². The van der Waals surface area contributed by atoms with Gasteiger partial charge in [0.25, 0.3) is 0 Å². The van der Waals surface area contributed by atoms with Crippen LogP contribution in [0.2, 0.25) is 5.02 Å². The first-order valence-electron chi connectivity index (χ1n) is 9.92. The van der Waals surface area contributed by atoms with Crippen molar-refractivity contribution in [3.63, 3.8) is 0 Å². The van der Waals surface area contributed by atoms with Crippen LogP contribution in [0, 0.1) is 18.6 Å². The Labute approximate surface area is 183 Å². The van der Waals surface area contributed by atoms with E-state index in [0.29, 0.717) is 11.4 Å². The molecule has 0 aliphatic carbocycles. The summed E-state index contributed by atoms with van der Waals surface area (Å²) in [4.78, 5) is 3.91. The third kappa shape index (κ3) is 3.70. The number of nitrogens with zero attached hydrogens (tertiary/aromatic N) is 5. The van der Waals surface area contributed by atoms with Crippen molar-refractivity contribution in [1.29, 1.82) is 0 Å². The second-order valence-corrected chi connectivity index (χ2v) is 8.09. The molecule has 9 heteroatoms. The average Bonchev–Trinajstić information content (AvgIpc) is 3.34. The maximum Gasteiger partial charge on any atom is 0.137 e. The van der Waals surface area contributed by atoms with E-state index in [4.69, 9.17) is 16.7 Å². The van der Waals surface area contributed by atoms with E-state index >= 15 is 0 Å². The Morgan fingerprint density at radius 3 is 2.65 bits per heavy atom. The van der Waals surface area contributed by atoms with Crippen molar-refractivity contribution in [2.45, 2.75) is 45.4 Å². The van der Waals surface area contributed by atoms with Crippen LogP contribution in [0.25, 0.3) is 10.9 Å². The lowest BCUT2D eigenvalue weighted by atomic mass is 9.86. The van der Waals surface area contributed by atoms with Gasteiger partial charge < -0.3 is 5.11 Å². The monoisotopic (exact) mass is 445 g/mol. The summed E-state index contributed by atoms with van der Waals surface area (Å²) in [6.07, 6.45) is 3.38. The van der Waals surface area contributed by atoms with Gasteiger partial charge in [-0.15, -0.1) is 0 Å². The Hall–Kier alpha value is -2.84. The normalized spacial score (nSPS) is 14.7. The minimum Gasteiger partial charge on any atom is -0.381 e.